The molecule has 29 heavy (non-hydrogen) atoms. The van der Waals surface area contributed by atoms with E-state index in [1.807, 2.05) is 23.1 Å². The largest absolute Gasteiger partial charge is 0.496 e. The van der Waals surface area contributed by atoms with Crippen molar-refractivity contribution in [2.75, 3.05) is 33.6 Å². The van der Waals surface area contributed by atoms with E-state index in [-0.39, 0.29) is 17.2 Å². The lowest BCUT2D eigenvalue weighted by Gasteiger charge is -2.27. The van der Waals surface area contributed by atoms with E-state index in [0.717, 1.165) is 5.56 Å². The average Bonchev–Trinajstić information content (AvgIpc) is 3.08. The molecule has 0 aliphatic carbocycles. The van der Waals surface area contributed by atoms with E-state index >= 15 is 0 Å². The molecule has 2 amide bonds. The minimum atomic E-state index is -0.675. The molecule has 0 saturated carbocycles. The van der Waals surface area contributed by atoms with Gasteiger partial charge < -0.3 is 24.4 Å². The van der Waals surface area contributed by atoms with Gasteiger partial charge in [0.25, 0.3) is 0 Å². The Labute approximate surface area is 175 Å². The predicted molar refractivity (Wildman–Crippen MR) is 110 cm³/mol. The molecular formula is C20H28N2O6S. The second-order valence-corrected chi connectivity index (χ2v) is 7.67. The highest BCUT2D eigenvalue weighted by Gasteiger charge is 2.36. The quantitative estimate of drug-likeness (QED) is 0.454. The van der Waals surface area contributed by atoms with Crippen LogP contribution >= 0.6 is 11.8 Å². The number of carbonyl (C=O) groups excluding carboxylic acids is 3. The Hall–Kier alpha value is -2.42. The molecule has 1 heterocycles. The van der Waals surface area contributed by atoms with E-state index in [0.29, 0.717) is 43.1 Å². The number of carbonyl (C=O) groups is 3. The monoisotopic (exact) mass is 424 g/mol. The van der Waals surface area contributed by atoms with Gasteiger partial charge in [-0.05, 0) is 31.4 Å². The Balaban J connectivity index is 2.03. The number of nitrogens with one attached hydrogen (secondary N) is 1. The molecule has 1 aliphatic rings. The van der Waals surface area contributed by atoms with Crippen molar-refractivity contribution in [3.63, 3.8) is 0 Å². The van der Waals surface area contributed by atoms with E-state index in [4.69, 9.17) is 14.2 Å². The smallest absolute Gasteiger partial charge is 0.328 e. The molecule has 1 aliphatic heterocycles. The minimum absolute atomic E-state index is 0.0549. The number of amides is 2. The van der Waals surface area contributed by atoms with Crippen molar-refractivity contribution in [1.82, 2.24) is 10.2 Å². The summed E-state index contributed by atoms with van der Waals surface area (Å²) in [6.45, 7) is 1.90. The van der Waals surface area contributed by atoms with Crippen molar-refractivity contribution in [2.24, 2.45) is 0 Å². The van der Waals surface area contributed by atoms with Crippen LogP contribution < -0.4 is 14.8 Å². The summed E-state index contributed by atoms with van der Waals surface area (Å²) >= 11 is 1.54. The van der Waals surface area contributed by atoms with Gasteiger partial charge in [-0.3, -0.25) is 9.59 Å². The molecule has 1 aromatic rings. The first-order valence-electron chi connectivity index (χ1n) is 9.39. The number of benzene rings is 1. The first-order valence-corrected chi connectivity index (χ1v) is 10.4. The minimum Gasteiger partial charge on any atom is -0.496 e. The maximum absolute atomic E-state index is 12.5. The van der Waals surface area contributed by atoms with Crippen LogP contribution in [0.4, 0.5) is 0 Å². The van der Waals surface area contributed by atoms with Crippen molar-refractivity contribution in [2.45, 2.75) is 37.6 Å². The summed E-state index contributed by atoms with van der Waals surface area (Å²) in [4.78, 5) is 37.4. The highest BCUT2D eigenvalue weighted by atomic mass is 32.2. The number of unbranched alkanes of at least 4 members (excludes halogenated alkanes) is 1. The molecule has 0 radical (unpaired) electrons. The molecule has 8 nitrogen and oxygen atoms in total. The number of ether oxygens (including phenoxy) is 3. The molecule has 1 fully saturated rings. The van der Waals surface area contributed by atoms with Gasteiger partial charge in [-0.15, -0.1) is 11.8 Å². The fourth-order valence-corrected chi connectivity index (χ4v) is 4.59. The maximum Gasteiger partial charge on any atom is 0.328 e. The van der Waals surface area contributed by atoms with Crippen LogP contribution in [0.1, 0.15) is 37.1 Å². The van der Waals surface area contributed by atoms with E-state index in [9.17, 15) is 14.4 Å². The standard InChI is InChI=1S/C20H28N2O6S/c1-13(23)21-14(20(25)28-4)8-5-6-11-22-17(24)12-29-19(22)18-15(26-2)9-7-10-16(18)27-3/h7,9-10,14,19H,5-6,8,11-12H2,1-4H3,(H,21,23). The van der Waals surface area contributed by atoms with Gasteiger partial charge >= 0.3 is 5.97 Å². The Bertz CT molecular complexity index is 719. The molecule has 1 aromatic carbocycles. The van der Waals surface area contributed by atoms with Crippen LogP contribution in [-0.4, -0.2) is 62.4 Å². The number of rotatable bonds is 10. The Morgan fingerprint density at radius 3 is 2.41 bits per heavy atom. The highest BCUT2D eigenvalue weighted by Crippen LogP contribution is 2.46. The molecule has 0 aromatic heterocycles. The average molecular weight is 425 g/mol. The number of nitrogens with zero attached hydrogens (tertiary/aromatic N) is 1. The fourth-order valence-electron chi connectivity index (χ4n) is 3.33. The zero-order valence-electron chi connectivity index (χ0n) is 17.2. The Morgan fingerprint density at radius 1 is 1.21 bits per heavy atom. The van der Waals surface area contributed by atoms with Crippen LogP contribution in [0.2, 0.25) is 0 Å². The fraction of sp³-hybridized carbons (Fsp3) is 0.550. The molecule has 2 rings (SSSR count). The zero-order chi connectivity index (χ0) is 21.4. The van der Waals surface area contributed by atoms with Crippen molar-refractivity contribution >= 4 is 29.5 Å². The van der Waals surface area contributed by atoms with Crippen LogP contribution in [0.15, 0.2) is 18.2 Å². The zero-order valence-corrected chi connectivity index (χ0v) is 18.0. The van der Waals surface area contributed by atoms with Crippen LogP contribution in [0.25, 0.3) is 0 Å². The summed E-state index contributed by atoms with van der Waals surface area (Å²) in [5, 5.41) is 2.41. The lowest BCUT2D eigenvalue weighted by Crippen LogP contribution is -2.40. The van der Waals surface area contributed by atoms with Crippen LogP contribution in [0.3, 0.4) is 0 Å². The van der Waals surface area contributed by atoms with Crippen LogP contribution in [-0.2, 0) is 19.1 Å². The second kappa shape index (κ2) is 10.9. The molecule has 0 bridgehead atoms. The van der Waals surface area contributed by atoms with Crippen LogP contribution in [0, 0.1) is 0 Å². The molecule has 2 unspecified atom stereocenters. The van der Waals surface area contributed by atoms with Gasteiger partial charge in [0.15, 0.2) is 0 Å². The third kappa shape index (κ3) is 5.79. The highest BCUT2D eigenvalue weighted by molar-refractivity contribution is 8.00. The topological polar surface area (TPSA) is 94.2 Å². The van der Waals surface area contributed by atoms with Gasteiger partial charge in [0.1, 0.15) is 22.9 Å². The predicted octanol–water partition coefficient (Wildman–Crippen LogP) is 2.13. The summed E-state index contributed by atoms with van der Waals surface area (Å²) < 4.78 is 15.7. The Morgan fingerprint density at radius 2 is 1.86 bits per heavy atom. The summed E-state index contributed by atoms with van der Waals surface area (Å²) in [6.07, 6.45) is 1.79. The van der Waals surface area contributed by atoms with E-state index in [1.54, 1.807) is 14.2 Å². The van der Waals surface area contributed by atoms with Crippen molar-refractivity contribution < 1.29 is 28.6 Å². The number of hydrogen-bond donors (Lipinski definition) is 1. The Kier molecular flexibility index (Phi) is 8.63. The molecule has 9 heteroatoms. The summed E-state index contributed by atoms with van der Waals surface area (Å²) in [5.74, 6) is 1.05. The summed E-state index contributed by atoms with van der Waals surface area (Å²) in [6, 6.07) is 4.88. The van der Waals surface area contributed by atoms with Crippen molar-refractivity contribution in [1.29, 1.82) is 0 Å². The molecule has 1 saturated heterocycles. The third-order valence-electron chi connectivity index (χ3n) is 4.69. The lowest BCUT2D eigenvalue weighted by atomic mass is 10.1. The van der Waals surface area contributed by atoms with Crippen LogP contribution in [0.5, 0.6) is 11.5 Å². The number of esters is 1. The van der Waals surface area contributed by atoms with Gasteiger partial charge in [0.2, 0.25) is 11.8 Å². The van der Waals surface area contributed by atoms with E-state index in [1.165, 1.54) is 25.8 Å². The first-order chi connectivity index (χ1) is 13.9. The lowest BCUT2D eigenvalue weighted by molar-refractivity contribution is -0.145. The van der Waals surface area contributed by atoms with Gasteiger partial charge in [-0.1, -0.05) is 6.07 Å². The van der Waals surface area contributed by atoms with Crippen molar-refractivity contribution in [3.05, 3.63) is 23.8 Å². The van der Waals surface area contributed by atoms with Gasteiger partial charge in [0, 0.05) is 13.5 Å². The molecule has 1 N–H and O–H groups in total. The van der Waals surface area contributed by atoms with E-state index in [2.05, 4.69) is 5.32 Å². The molecule has 160 valence electrons. The molecular weight excluding hydrogens is 396 g/mol. The number of thioether (sulfide) groups is 1. The molecule has 2 atom stereocenters. The van der Waals surface area contributed by atoms with Gasteiger partial charge in [0.05, 0.1) is 32.6 Å². The molecule has 0 spiro atoms. The summed E-state index contributed by atoms with van der Waals surface area (Å²) in [7, 11) is 4.49. The third-order valence-corrected chi connectivity index (χ3v) is 5.91. The maximum atomic E-state index is 12.5. The van der Waals surface area contributed by atoms with E-state index < -0.39 is 12.0 Å². The van der Waals surface area contributed by atoms with Gasteiger partial charge in [-0.25, -0.2) is 4.79 Å². The van der Waals surface area contributed by atoms with Crippen molar-refractivity contribution in [3.8, 4) is 11.5 Å². The second-order valence-electron chi connectivity index (χ2n) is 6.60. The summed E-state index contributed by atoms with van der Waals surface area (Å²) in [5.41, 5.74) is 0.846. The number of methoxy groups -OCH3 is 3. The normalized spacial score (nSPS) is 17.0. The SMILES string of the molecule is COC(=O)C(CCCCN1C(=O)CSC1c1c(OC)cccc1OC)NC(C)=O. The first kappa shape index (κ1) is 22.9. The number of hydrogen-bond acceptors (Lipinski definition) is 7. The van der Waals surface area contributed by atoms with Gasteiger partial charge in [-0.2, -0.15) is 0 Å².